The number of carbonyl (C=O) groups is 2. The predicted molar refractivity (Wildman–Crippen MR) is 85.4 cm³/mol. The van der Waals surface area contributed by atoms with Gasteiger partial charge in [0.15, 0.2) is 0 Å². The number of anilines is 1. The van der Waals surface area contributed by atoms with Crippen LogP contribution in [-0.4, -0.2) is 29.8 Å². The Balaban J connectivity index is 1.79. The quantitative estimate of drug-likeness (QED) is 0.817. The maximum absolute atomic E-state index is 12.5. The van der Waals surface area contributed by atoms with Crippen molar-refractivity contribution in [3.05, 3.63) is 66.2 Å². The predicted octanol–water partition coefficient (Wildman–Crippen LogP) is 2.62. The SMILES string of the molecule is CC(c1ccccc1)N1CCN(c2ccccc2)C(=O)C1=O. The minimum atomic E-state index is -0.458. The second-order valence-electron chi connectivity index (χ2n) is 5.38. The molecular formula is C18H18N2O2. The molecule has 1 saturated heterocycles. The van der Waals surface area contributed by atoms with Gasteiger partial charge in [0.05, 0.1) is 6.04 Å². The van der Waals surface area contributed by atoms with E-state index < -0.39 is 11.8 Å². The Kier molecular flexibility index (Phi) is 3.92. The van der Waals surface area contributed by atoms with E-state index in [1.54, 1.807) is 9.80 Å². The molecule has 1 unspecified atom stereocenters. The van der Waals surface area contributed by atoms with Crippen molar-refractivity contribution in [3.63, 3.8) is 0 Å². The molecule has 0 bridgehead atoms. The third kappa shape index (κ3) is 2.60. The molecule has 1 aliphatic rings. The molecule has 22 heavy (non-hydrogen) atoms. The molecule has 0 spiro atoms. The van der Waals surface area contributed by atoms with Crippen LogP contribution >= 0.6 is 0 Å². The highest BCUT2D eigenvalue weighted by Gasteiger charge is 2.35. The number of para-hydroxylation sites is 1. The molecule has 1 aliphatic heterocycles. The van der Waals surface area contributed by atoms with E-state index >= 15 is 0 Å². The average molecular weight is 294 g/mol. The number of carbonyl (C=O) groups excluding carboxylic acids is 2. The lowest BCUT2D eigenvalue weighted by Crippen LogP contribution is -2.55. The fourth-order valence-electron chi connectivity index (χ4n) is 2.78. The summed E-state index contributed by atoms with van der Waals surface area (Å²) < 4.78 is 0. The fourth-order valence-corrected chi connectivity index (χ4v) is 2.78. The number of nitrogens with zero attached hydrogens (tertiary/aromatic N) is 2. The number of hydrogen-bond acceptors (Lipinski definition) is 2. The lowest BCUT2D eigenvalue weighted by Gasteiger charge is -2.37. The molecule has 4 heteroatoms. The minimum Gasteiger partial charge on any atom is -0.326 e. The summed E-state index contributed by atoms with van der Waals surface area (Å²) in [6.45, 7) is 3.01. The van der Waals surface area contributed by atoms with E-state index in [1.807, 2.05) is 67.6 Å². The van der Waals surface area contributed by atoms with E-state index in [4.69, 9.17) is 0 Å². The van der Waals surface area contributed by atoms with Crippen molar-refractivity contribution in [2.45, 2.75) is 13.0 Å². The Morgan fingerprint density at radius 2 is 1.41 bits per heavy atom. The van der Waals surface area contributed by atoms with Crippen LogP contribution in [0.5, 0.6) is 0 Å². The molecule has 0 saturated carbocycles. The van der Waals surface area contributed by atoms with Gasteiger partial charge in [-0.25, -0.2) is 0 Å². The van der Waals surface area contributed by atoms with Crippen LogP contribution in [0.4, 0.5) is 5.69 Å². The third-order valence-corrected chi connectivity index (χ3v) is 4.07. The zero-order valence-electron chi connectivity index (χ0n) is 12.5. The zero-order chi connectivity index (χ0) is 15.5. The summed E-state index contributed by atoms with van der Waals surface area (Å²) >= 11 is 0. The summed E-state index contributed by atoms with van der Waals surface area (Å²) in [5.41, 5.74) is 1.81. The van der Waals surface area contributed by atoms with Crippen molar-refractivity contribution in [2.75, 3.05) is 18.0 Å². The number of amides is 2. The molecule has 3 rings (SSSR count). The Hall–Kier alpha value is -2.62. The van der Waals surface area contributed by atoms with Crippen molar-refractivity contribution >= 4 is 17.5 Å². The fraction of sp³-hybridized carbons (Fsp3) is 0.222. The Bertz CT molecular complexity index is 670. The smallest absolute Gasteiger partial charge is 0.316 e. The highest BCUT2D eigenvalue weighted by atomic mass is 16.2. The number of piperazine rings is 1. The van der Waals surface area contributed by atoms with E-state index in [0.717, 1.165) is 11.3 Å². The topological polar surface area (TPSA) is 40.6 Å². The van der Waals surface area contributed by atoms with Gasteiger partial charge in [-0.15, -0.1) is 0 Å². The standard InChI is InChI=1S/C18H18N2O2/c1-14(15-8-4-2-5-9-15)19-12-13-20(18(22)17(19)21)16-10-6-3-7-11-16/h2-11,14H,12-13H2,1H3. The summed E-state index contributed by atoms with van der Waals surface area (Å²) in [5, 5.41) is 0. The summed E-state index contributed by atoms with van der Waals surface area (Å²) in [5.74, 6) is -0.897. The Morgan fingerprint density at radius 1 is 0.818 bits per heavy atom. The van der Waals surface area contributed by atoms with Crippen LogP contribution in [-0.2, 0) is 9.59 Å². The van der Waals surface area contributed by atoms with Gasteiger partial charge < -0.3 is 9.80 Å². The molecule has 0 aliphatic carbocycles. The molecule has 0 aromatic heterocycles. The van der Waals surface area contributed by atoms with Crippen molar-refractivity contribution in [3.8, 4) is 0 Å². The van der Waals surface area contributed by atoms with E-state index in [-0.39, 0.29) is 6.04 Å². The molecule has 2 aromatic carbocycles. The van der Waals surface area contributed by atoms with Gasteiger partial charge in [-0.05, 0) is 24.6 Å². The second kappa shape index (κ2) is 6.02. The summed E-state index contributed by atoms with van der Waals surface area (Å²) in [7, 11) is 0. The van der Waals surface area contributed by atoms with Gasteiger partial charge in [0.25, 0.3) is 0 Å². The van der Waals surface area contributed by atoms with Crippen LogP contribution in [0.25, 0.3) is 0 Å². The highest BCUT2D eigenvalue weighted by molar-refractivity contribution is 6.41. The first-order valence-corrected chi connectivity index (χ1v) is 7.41. The number of rotatable bonds is 3. The molecule has 0 radical (unpaired) electrons. The minimum absolute atomic E-state index is 0.101. The van der Waals surface area contributed by atoms with Gasteiger partial charge in [0.2, 0.25) is 0 Å². The lowest BCUT2D eigenvalue weighted by atomic mass is 10.1. The van der Waals surface area contributed by atoms with E-state index in [2.05, 4.69) is 0 Å². The van der Waals surface area contributed by atoms with Gasteiger partial charge in [0.1, 0.15) is 0 Å². The molecule has 1 fully saturated rings. The van der Waals surface area contributed by atoms with E-state index in [0.29, 0.717) is 13.1 Å². The van der Waals surface area contributed by atoms with Crippen LogP contribution < -0.4 is 4.90 Å². The maximum atomic E-state index is 12.5. The number of benzene rings is 2. The van der Waals surface area contributed by atoms with Crippen molar-refractivity contribution in [1.82, 2.24) is 4.90 Å². The van der Waals surface area contributed by atoms with Gasteiger partial charge in [-0.1, -0.05) is 48.5 Å². The van der Waals surface area contributed by atoms with Crippen LogP contribution in [0.3, 0.4) is 0 Å². The first-order chi connectivity index (χ1) is 10.7. The van der Waals surface area contributed by atoms with E-state index in [1.165, 1.54) is 0 Å². The van der Waals surface area contributed by atoms with Gasteiger partial charge in [-0.2, -0.15) is 0 Å². The first-order valence-electron chi connectivity index (χ1n) is 7.41. The molecule has 4 nitrogen and oxygen atoms in total. The first kappa shape index (κ1) is 14.3. The maximum Gasteiger partial charge on any atom is 0.316 e. The largest absolute Gasteiger partial charge is 0.326 e. The molecular weight excluding hydrogens is 276 g/mol. The molecule has 1 heterocycles. The van der Waals surface area contributed by atoms with Crippen molar-refractivity contribution in [2.24, 2.45) is 0 Å². The molecule has 1 atom stereocenters. The normalized spacial score (nSPS) is 16.8. The molecule has 0 N–H and O–H groups in total. The highest BCUT2D eigenvalue weighted by Crippen LogP contribution is 2.24. The Morgan fingerprint density at radius 3 is 2.05 bits per heavy atom. The lowest BCUT2D eigenvalue weighted by molar-refractivity contribution is -0.147. The van der Waals surface area contributed by atoms with Crippen LogP contribution in [0, 0.1) is 0 Å². The number of hydrogen-bond donors (Lipinski definition) is 0. The van der Waals surface area contributed by atoms with Crippen LogP contribution in [0.1, 0.15) is 18.5 Å². The third-order valence-electron chi connectivity index (χ3n) is 4.07. The van der Waals surface area contributed by atoms with Crippen LogP contribution in [0.15, 0.2) is 60.7 Å². The average Bonchev–Trinajstić information content (AvgIpc) is 2.58. The molecule has 2 aromatic rings. The van der Waals surface area contributed by atoms with Gasteiger partial charge >= 0.3 is 11.8 Å². The summed E-state index contributed by atoms with van der Waals surface area (Å²) in [4.78, 5) is 28.1. The molecule has 2 amide bonds. The second-order valence-corrected chi connectivity index (χ2v) is 5.38. The molecule has 112 valence electrons. The van der Waals surface area contributed by atoms with E-state index in [9.17, 15) is 9.59 Å². The van der Waals surface area contributed by atoms with Gasteiger partial charge in [0, 0.05) is 18.8 Å². The van der Waals surface area contributed by atoms with Gasteiger partial charge in [-0.3, -0.25) is 9.59 Å². The Labute approximate surface area is 130 Å². The summed E-state index contributed by atoms with van der Waals surface area (Å²) in [6.07, 6.45) is 0. The van der Waals surface area contributed by atoms with Crippen LogP contribution in [0.2, 0.25) is 0 Å². The van der Waals surface area contributed by atoms with Crippen molar-refractivity contribution < 1.29 is 9.59 Å². The monoisotopic (exact) mass is 294 g/mol. The zero-order valence-corrected chi connectivity index (χ0v) is 12.5. The van der Waals surface area contributed by atoms with Crippen molar-refractivity contribution in [1.29, 1.82) is 0 Å². The summed E-state index contributed by atoms with van der Waals surface area (Å²) in [6, 6.07) is 19.0.